The van der Waals surface area contributed by atoms with Gasteiger partial charge >= 0.3 is 0 Å². The standard InChI is InChI=1S/C24H29NO4/c1-27-20-10-8-19(9-11-20)21-5-3-2-4-14-25(21)24(26)13-7-18-6-12-22-23(17-18)29-16-15-28-22/h6,8-12,17,21H,2-5,7,13-16H2,1H3/t21-/m1/s1. The van der Waals surface area contributed by atoms with E-state index in [2.05, 4.69) is 17.0 Å². The zero-order valence-electron chi connectivity index (χ0n) is 17.1. The van der Waals surface area contributed by atoms with Gasteiger partial charge in [-0.2, -0.15) is 0 Å². The highest BCUT2D eigenvalue weighted by molar-refractivity contribution is 5.77. The molecule has 0 saturated carbocycles. The van der Waals surface area contributed by atoms with E-state index in [1.165, 1.54) is 12.0 Å². The number of benzene rings is 2. The van der Waals surface area contributed by atoms with Crippen molar-refractivity contribution in [3.63, 3.8) is 0 Å². The molecule has 5 nitrogen and oxygen atoms in total. The normalized spacial score (nSPS) is 18.8. The van der Waals surface area contributed by atoms with Crippen molar-refractivity contribution in [3.8, 4) is 17.2 Å². The van der Waals surface area contributed by atoms with E-state index in [-0.39, 0.29) is 11.9 Å². The summed E-state index contributed by atoms with van der Waals surface area (Å²) in [6.45, 7) is 2.00. The van der Waals surface area contributed by atoms with Gasteiger partial charge in [-0.1, -0.05) is 31.0 Å². The highest BCUT2D eigenvalue weighted by Crippen LogP contribution is 2.33. The van der Waals surface area contributed by atoms with Crippen LogP contribution < -0.4 is 14.2 Å². The van der Waals surface area contributed by atoms with Crippen molar-refractivity contribution in [3.05, 3.63) is 53.6 Å². The molecule has 2 aliphatic rings. The first-order valence-corrected chi connectivity index (χ1v) is 10.6. The van der Waals surface area contributed by atoms with Crippen LogP contribution >= 0.6 is 0 Å². The van der Waals surface area contributed by atoms with E-state index in [0.717, 1.165) is 48.6 Å². The maximum Gasteiger partial charge on any atom is 0.223 e. The smallest absolute Gasteiger partial charge is 0.223 e. The maximum absolute atomic E-state index is 13.2. The molecule has 2 aromatic carbocycles. The number of hydrogen-bond acceptors (Lipinski definition) is 4. The molecule has 0 aromatic heterocycles. The molecule has 1 fully saturated rings. The van der Waals surface area contributed by atoms with E-state index in [0.29, 0.717) is 26.1 Å². The van der Waals surface area contributed by atoms with Crippen molar-refractivity contribution in [2.75, 3.05) is 26.9 Å². The second kappa shape index (κ2) is 9.21. The lowest BCUT2D eigenvalue weighted by molar-refractivity contribution is -0.133. The van der Waals surface area contributed by atoms with Crippen molar-refractivity contribution in [2.45, 2.75) is 44.6 Å². The average molecular weight is 395 g/mol. The fourth-order valence-corrected chi connectivity index (χ4v) is 4.22. The summed E-state index contributed by atoms with van der Waals surface area (Å²) >= 11 is 0. The first-order valence-electron chi connectivity index (χ1n) is 10.6. The van der Waals surface area contributed by atoms with Gasteiger partial charge in [0, 0.05) is 13.0 Å². The van der Waals surface area contributed by atoms with Gasteiger partial charge in [-0.15, -0.1) is 0 Å². The molecular weight excluding hydrogens is 366 g/mol. The number of carbonyl (C=O) groups excluding carboxylic acids is 1. The minimum atomic E-state index is 0.149. The number of hydrogen-bond donors (Lipinski definition) is 0. The maximum atomic E-state index is 13.2. The molecule has 1 atom stereocenters. The van der Waals surface area contributed by atoms with Crippen LogP contribution in [-0.4, -0.2) is 37.7 Å². The molecule has 0 N–H and O–H groups in total. The Hall–Kier alpha value is -2.69. The Labute approximate surface area is 172 Å². The fraction of sp³-hybridized carbons (Fsp3) is 0.458. The van der Waals surface area contributed by atoms with Crippen LogP contribution in [0.5, 0.6) is 17.2 Å². The van der Waals surface area contributed by atoms with Crippen LogP contribution in [0.3, 0.4) is 0 Å². The fourth-order valence-electron chi connectivity index (χ4n) is 4.22. The summed E-state index contributed by atoms with van der Waals surface area (Å²) in [4.78, 5) is 15.3. The van der Waals surface area contributed by atoms with Crippen molar-refractivity contribution >= 4 is 5.91 Å². The molecule has 4 rings (SSSR count). The Morgan fingerprint density at radius 1 is 1.03 bits per heavy atom. The van der Waals surface area contributed by atoms with E-state index < -0.39 is 0 Å². The summed E-state index contributed by atoms with van der Waals surface area (Å²) in [5.41, 5.74) is 2.30. The molecule has 29 heavy (non-hydrogen) atoms. The third-order valence-electron chi connectivity index (χ3n) is 5.81. The first-order chi connectivity index (χ1) is 14.2. The molecule has 2 aliphatic heterocycles. The molecule has 1 saturated heterocycles. The van der Waals surface area contributed by atoms with Gasteiger partial charge in [-0.3, -0.25) is 4.79 Å². The Bertz CT molecular complexity index is 833. The summed E-state index contributed by atoms with van der Waals surface area (Å²) in [7, 11) is 1.67. The van der Waals surface area contributed by atoms with E-state index in [4.69, 9.17) is 14.2 Å². The van der Waals surface area contributed by atoms with Crippen LogP contribution in [0.1, 0.15) is 49.3 Å². The number of methoxy groups -OCH3 is 1. The minimum absolute atomic E-state index is 0.149. The predicted molar refractivity (Wildman–Crippen MR) is 112 cm³/mol. The average Bonchev–Trinajstić information content (AvgIpc) is 3.03. The van der Waals surface area contributed by atoms with Crippen LogP contribution in [0.25, 0.3) is 0 Å². The number of likely N-dealkylation sites (tertiary alicyclic amines) is 1. The van der Waals surface area contributed by atoms with Crippen LogP contribution in [0.2, 0.25) is 0 Å². The molecule has 2 aromatic rings. The van der Waals surface area contributed by atoms with Crippen LogP contribution in [0.4, 0.5) is 0 Å². The quantitative estimate of drug-likeness (QED) is 0.746. The van der Waals surface area contributed by atoms with Gasteiger partial charge in [0.15, 0.2) is 11.5 Å². The molecule has 1 amide bonds. The number of aryl methyl sites for hydroxylation is 1. The Morgan fingerprint density at radius 2 is 1.83 bits per heavy atom. The number of carbonyl (C=O) groups is 1. The number of amides is 1. The second-order valence-electron chi connectivity index (χ2n) is 7.70. The summed E-state index contributed by atoms with van der Waals surface area (Å²) in [5, 5.41) is 0. The lowest BCUT2D eigenvalue weighted by Gasteiger charge is -2.31. The van der Waals surface area contributed by atoms with Gasteiger partial charge in [0.1, 0.15) is 19.0 Å². The van der Waals surface area contributed by atoms with E-state index in [1.807, 2.05) is 30.3 Å². The summed E-state index contributed by atoms with van der Waals surface area (Å²) < 4.78 is 16.5. The van der Waals surface area contributed by atoms with Crippen molar-refractivity contribution in [1.29, 1.82) is 0 Å². The van der Waals surface area contributed by atoms with E-state index in [1.54, 1.807) is 7.11 Å². The van der Waals surface area contributed by atoms with Crippen LogP contribution in [0, 0.1) is 0 Å². The Kier molecular flexibility index (Phi) is 6.23. The van der Waals surface area contributed by atoms with Gasteiger partial charge in [-0.05, 0) is 54.7 Å². The zero-order chi connectivity index (χ0) is 20.1. The van der Waals surface area contributed by atoms with Gasteiger partial charge in [0.25, 0.3) is 0 Å². The van der Waals surface area contributed by atoms with Gasteiger partial charge in [0.05, 0.1) is 13.2 Å². The Balaban J connectivity index is 1.44. The first kappa shape index (κ1) is 19.6. The molecule has 5 heteroatoms. The largest absolute Gasteiger partial charge is 0.497 e. The highest BCUT2D eigenvalue weighted by atomic mass is 16.6. The number of rotatable bonds is 5. The minimum Gasteiger partial charge on any atom is -0.497 e. The summed E-state index contributed by atoms with van der Waals surface area (Å²) in [6.07, 6.45) is 5.64. The van der Waals surface area contributed by atoms with Crippen LogP contribution in [-0.2, 0) is 11.2 Å². The number of ether oxygens (including phenoxy) is 3. The number of fused-ring (bicyclic) bond motifs is 1. The van der Waals surface area contributed by atoms with Crippen molar-refractivity contribution < 1.29 is 19.0 Å². The van der Waals surface area contributed by atoms with Gasteiger partial charge < -0.3 is 19.1 Å². The van der Waals surface area contributed by atoms with Crippen molar-refractivity contribution in [2.24, 2.45) is 0 Å². The Morgan fingerprint density at radius 3 is 2.62 bits per heavy atom. The molecule has 154 valence electrons. The van der Waals surface area contributed by atoms with Gasteiger partial charge in [0.2, 0.25) is 5.91 Å². The van der Waals surface area contributed by atoms with Crippen molar-refractivity contribution in [1.82, 2.24) is 4.90 Å². The number of nitrogens with zero attached hydrogens (tertiary/aromatic N) is 1. The zero-order valence-corrected chi connectivity index (χ0v) is 17.1. The molecule has 2 heterocycles. The van der Waals surface area contributed by atoms with Gasteiger partial charge in [-0.25, -0.2) is 0 Å². The van der Waals surface area contributed by atoms with E-state index in [9.17, 15) is 4.79 Å². The van der Waals surface area contributed by atoms with Crippen LogP contribution in [0.15, 0.2) is 42.5 Å². The summed E-state index contributed by atoms with van der Waals surface area (Å²) in [5.74, 6) is 2.65. The lowest BCUT2D eigenvalue weighted by Crippen LogP contribution is -2.35. The predicted octanol–water partition coefficient (Wildman–Crippen LogP) is 4.54. The molecule has 0 aliphatic carbocycles. The molecule has 0 radical (unpaired) electrons. The highest BCUT2D eigenvalue weighted by Gasteiger charge is 2.26. The topological polar surface area (TPSA) is 48.0 Å². The molecule has 0 spiro atoms. The SMILES string of the molecule is COc1ccc([C@H]2CCCCCN2C(=O)CCc2ccc3c(c2)OCCO3)cc1. The second-order valence-corrected chi connectivity index (χ2v) is 7.70. The monoisotopic (exact) mass is 395 g/mol. The molecule has 0 bridgehead atoms. The summed E-state index contributed by atoms with van der Waals surface area (Å²) in [6, 6.07) is 14.3. The molecular formula is C24H29NO4. The third kappa shape index (κ3) is 4.66. The van der Waals surface area contributed by atoms with E-state index >= 15 is 0 Å². The third-order valence-corrected chi connectivity index (χ3v) is 5.81. The lowest BCUT2D eigenvalue weighted by atomic mass is 10.00. The molecule has 0 unspecified atom stereocenters.